The number of ether oxygens (including phenoxy) is 2. The summed E-state index contributed by atoms with van der Waals surface area (Å²) < 4.78 is 61.4. The predicted molar refractivity (Wildman–Crippen MR) is 59.6 cm³/mol. The highest BCUT2D eigenvalue weighted by atomic mass is 19.4. The average Bonchev–Trinajstić information content (AvgIpc) is 2.32. The molecule has 0 spiro atoms. The van der Waals surface area contributed by atoms with E-state index in [2.05, 4.69) is 0 Å². The van der Waals surface area contributed by atoms with Crippen LogP contribution in [-0.4, -0.2) is 26.3 Å². The van der Waals surface area contributed by atoms with Gasteiger partial charge in [-0.15, -0.1) is 5.46 Å². The first-order chi connectivity index (χ1) is 8.47. The fourth-order valence-electron chi connectivity index (χ4n) is 1.79. The third kappa shape index (κ3) is 3.16. The van der Waals surface area contributed by atoms with Crippen LogP contribution in [0.4, 0.5) is 17.3 Å². The summed E-state index contributed by atoms with van der Waals surface area (Å²) in [4.78, 5) is 0. The maximum atomic E-state index is 13.4. The van der Waals surface area contributed by atoms with Gasteiger partial charge in [-0.2, -0.15) is 0 Å². The minimum Gasteiger partial charge on any atom is -0.487 e. The summed E-state index contributed by atoms with van der Waals surface area (Å²) in [6.45, 7) is -4.18. The zero-order valence-electron chi connectivity index (χ0n) is 9.54. The van der Waals surface area contributed by atoms with E-state index in [1.165, 1.54) is 0 Å². The fraction of sp³-hybridized carbons (Fsp3) is 0.455. The molecule has 1 aromatic carbocycles. The molecule has 7 heteroatoms. The number of halogens is 4. The molecule has 1 aliphatic heterocycles. The zero-order chi connectivity index (χ0) is 13.2. The largest absolute Gasteiger partial charge is 0.509 e. The fourth-order valence-corrected chi connectivity index (χ4v) is 1.79. The van der Waals surface area contributed by atoms with Gasteiger partial charge in [-0.3, -0.25) is 0 Å². The summed E-state index contributed by atoms with van der Waals surface area (Å²) in [5.41, 5.74) is -0.849. The van der Waals surface area contributed by atoms with Crippen molar-refractivity contribution in [3.63, 3.8) is 0 Å². The predicted octanol–water partition coefficient (Wildman–Crippen LogP) is 2.44. The normalized spacial score (nSPS) is 17.8. The van der Waals surface area contributed by atoms with Crippen molar-refractivity contribution in [1.82, 2.24) is 0 Å². The maximum Gasteiger partial charge on any atom is 0.509 e. The van der Waals surface area contributed by atoms with Crippen molar-refractivity contribution in [3.05, 3.63) is 24.0 Å². The van der Waals surface area contributed by atoms with Gasteiger partial charge in [-0.1, -0.05) is 6.07 Å². The van der Waals surface area contributed by atoms with Crippen molar-refractivity contribution < 1.29 is 26.8 Å². The molecule has 0 atom stereocenters. The molecule has 0 aromatic heterocycles. The molecule has 1 heterocycles. The van der Waals surface area contributed by atoms with Gasteiger partial charge < -0.3 is 22.4 Å². The first-order valence-corrected chi connectivity index (χ1v) is 5.70. The van der Waals surface area contributed by atoms with Crippen LogP contribution in [0.1, 0.15) is 12.8 Å². The first-order valence-electron chi connectivity index (χ1n) is 5.70. The lowest BCUT2D eigenvalue weighted by Gasteiger charge is -2.24. The highest BCUT2D eigenvalue weighted by Gasteiger charge is 2.27. The molecule has 2 rings (SSSR count). The summed E-state index contributed by atoms with van der Waals surface area (Å²) in [6.07, 6.45) is 0.825. The number of benzene rings is 1. The van der Waals surface area contributed by atoms with E-state index in [1.54, 1.807) is 0 Å². The van der Waals surface area contributed by atoms with Crippen LogP contribution >= 0.6 is 0 Å². The molecule has 0 amide bonds. The van der Waals surface area contributed by atoms with Gasteiger partial charge in [0.1, 0.15) is 6.10 Å². The van der Waals surface area contributed by atoms with Crippen molar-refractivity contribution in [3.8, 4) is 5.75 Å². The molecule has 1 aromatic rings. The minimum atomic E-state index is -5.14. The molecule has 0 bridgehead atoms. The highest BCUT2D eigenvalue weighted by Crippen LogP contribution is 2.22. The van der Waals surface area contributed by atoms with Gasteiger partial charge in [0.05, 0.1) is 13.2 Å². The Morgan fingerprint density at radius 2 is 1.83 bits per heavy atom. The Hall–Kier alpha value is -1.24. The van der Waals surface area contributed by atoms with Crippen LogP contribution in [0.25, 0.3) is 0 Å². The van der Waals surface area contributed by atoms with Crippen LogP contribution in [-0.2, 0) is 4.74 Å². The molecular weight excluding hydrogens is 251 g/mol. The van der Waals surface area contributed by atoms with Gasteiger partial charge in [0.15, 0.2) is 11.6 Å². The maximum absolute atomic E-state index is 13.4. The Balaban J connectivity index is 2.15. The molecule has 0 unspecified atom stereocenters. The highest BCUT2D eigenvalue weighted by molar-refractivity contribution is 6.73. The Bertz CT molecular complexity index is 416. The summed E-state index contributed by atoms with van der Waals surface area (Å²) in [5.74, 6) is -1.11. The van der Waals surface area contributed by atoms with Crippen molar-refractivity contribution >= 4 is 12.4 Å². The second-order valence-electron chi connectivity index (χ2n) is 4.19. The van der Waals surface area contributed by atoms with Crippen molar-refractivity contribution in [2.75, 3.05) is 13.2 Å². The Labute approximate surface area is 102 Å². The summed E-state index contributed by atoms with van der Waals surface area (Å²) in [7, 11) is 0. The van der Waals surface area contributed by atoms with Gasteiger partial charge in [0, 0.05) is 12.8 Å². The lowest BCUT2D eigenvalue weighted by molar-refractivity contribution is 0.0240. The molecule has 1 aliphatic rings. The smallest absolute Gasteiger partial charge is 0.487 e. The van der Waals surface area contributed by atoms with E-state index in [9.17, 15) is 17.3 Å². The van der Waals surface area contributed by atoms with Crippen LogP contribution in [0.2, 0.25) is 0 Å². The molecule has 18 heavy (non-hydrogen) atoms. The Morgan fingerprint density at radius 3 is 2.44 bits per heavy atom. The van der Waals surface area contributed by atoms with E-state index >= 15 is 0 Å². The van der Waals surface area contributed by atoms with E-state index in [0.717, 1.165) is 18.2 Å². The molecule has 0 N–H and O–H groups in total. The summed E-state index contributed by atoms with van der Waals surface area (Å²) in [5, 5.41) is 0. The van der Waals surface area contributed by atoms with Crippen LogP contribution in [0, 0.1) is 5.82 Å². The Kier molecular flexibility index (Phi) is 3.80. The van der Waals surface area contributed by atoms with Gasteiger partial charge in [-0.25, -0.2) is 4.39 Å². The lowest BCUT2D eigenvalue weighted by Crippen LogP contribution is -2.34. The Morgan fingerprint density at radius 1 is 1.17 bits per heavy atom. The number of rotatable bonds is 3. The minimum absolute atomic E-state index is 0.288. The van der Waals surface area contributed by atoms with Crippen LogP contribution in [0.15, 0.2) is 18.2 Å². The quantitative estimate of drug-likeness (QED) is 0.616. The van der Waals surface area contributed by atoms with E-state index in [1.807, 2.05) is 0 Å². The van der Waals surface area contributed by atoms with E-state index in [4.69, 9.17) is 9.47 Å². The summed E-state index contributed by atoms with van der Waals surface area (Å²) in [6, 6.07) is 2.25. The average molecular weight is 263 g/mol. The zero-order valence-corrected chi connectivity index (χ0v) is 9.54. The summed E-state index contributed by atoms with van der Waals surface area (Å²) >= 11 is 0. The van der Waals surface area contributed by atoms with Crippen LogP contribution < -0.4 is 10.2 Å². The van der Waals surface area contributed by atoms with Crippen molar-refractivity contribution in [1.29, 1.82) is 0 Å². The number of hydrogen-bond donors (Lipinski definition) is 0. The first kappa shape index (κ1) is 13.2. The van der Waals surface area contributed by atoms with Gasteiger partial charge in [0.25, 0.3) is 0 Å². The standard InChI is InChI=1S/C11H12BF4O2/c13-10-2-1-8(12(14,15)16)7-11(10)18-9-3-5-17-6-4-9/h1-2,7,9H,3-6H2/q-1. The third-order valence-corrected chi connectivity index (χ3v) is 2.80. The van der Waals surface area contributed by atoms with E-state index in [0.29, 0.717) is 26.1 Å². The van der Waals surface area contributed by atoms with Gasteiger partial charge >= 0.3 is 6.98 Å². The van der Waals surface area contributed by atoms with Gasteiger partial charge in [0.2, 0.25) is 0 Å². The molecule has 1 saturated heterocycles. The second kappa shape index (κ2) is 5.18. The monoisotopic (exact) mass is 263 g/mol. The molecule has 0 radical (unpaired) electrons. The van der Waals surface area contributed by atoms with Crippen molar-refractivity contribution in [2.45, 2.75) is 18.9 Å². The molecule has 2 nitrogen and oxygen atoms in total. The van der Waals surface area contributed by atoms with Crippen molar-refractivity contribution in [2.24, 2.45) is 0 Å². The molecule has 1 fully saturated rings. The number of hydrogen-bond acceptors (Lipinski definition) is 2. The van der Waals surface area contributed by atoms with Gasteiger partial charge in [-0.05, 0) is 12.1 Å². The molecular formula is C11H12BF4O2-. The van der Waals surface area contributed by atoms with E-state index < -0.39 is 18.3 Å². The van der Waals surface area contributed by atoms with E-state index in [-0.39, 0.29) is 11.9 Å². The SMILES string of the molecule is Fc1ccc([B-](F)(F)F)cc1OC1CCOCC1. The third-order valence-electron chi connectivity index (χ3n) is 2.80. The molecule has 100 valence electrons. The van der Waals surface area contributed by atoms with Crippen LogP contribution in [0.3, 0.4) is 0 Å². The second-order valence-corrected chi connectivity index (χ2v) is 4.19. The molecule has 0 aliphatic carbocycles. The lowest BCUT2D eigenvalue weighted by atomic mass is 9.80. The molecule has 0 saturated carbocycles. The topological polar surface area (TPSA) is 18.5 Å². The van der Waals surface area contributed by atoms with Crippen LogP contribution in [0.5, 0.6) is 5.75 Å².